The highest BCUT2D eigenvalue weighted by atomic mass is 16.6. The van der Waals surface area contributed by atoms with Crippen molar-refractivity contribution in [2.24, 2.45) is 5.92 Å². The summed E-state index contributed by atoms with van der Waals surface area (Å²) in [5.41, 5.74) is -0.481. The zero-order valence-electron chi connectivity index (χ0n) is 12.2. The minimum absolute atomic E-state index is 0.0623. The van der Waals surface area contributed by atoms with Crippen LogP contribution in [0.2, 0.25) is 0 Å². The van der Waals surface area contributed by atoms with Crippen molar-refractivity contribution >= 4 is 6.09 Å². The van der Waals surface area contributed by atoms with Crippen LogP contribution >= 0.6 is 0 Å². The SMILES string of the molecule is CC(C)(C)OC(=O)N1CCC(C(O)c2ncco2)CC1. The molecule has 0 radical (unpaired) electrons. The van der Waals surface area contributed by atoms with Crippen LogP contribution < -0.4 is 0 Å². The number of hydrogen-bond acceptors (Lipinski definition) is 5. The normalized spacial score (nSPS) is 18.9. The number of amides is 1. The van der Waals surface area contributed by atoms with Gasteiger partial charge in [-0.3, -0.25) is 0 Å². The average Bonchev–Trinajstić information content (AvgIpc) is 2.90. The molecule has 1 unspecified atom stereocenters. The highest BCUT2D eigenvalue weighted by molar-refractivity contribution is 5.68. The number of hydrogen-bond donors (Lipinski definition) is 1. The van der Waals surface area contributed by atoms with Crippen LogP contribution in [0.3, 0.4) is 0 Å². The molecule has 0 saturated carbocycles. The molecular formula is C14H22N2O4. The molecule has 1 saturated heterocycles. The van der Waals surface area contributed by atoms with Crippen LogP contribution in [0.15, 0.2) is 16.9 Å². The summed E-state index contributed by atoms with van der Waals surface area (Å²) in [6.07, 6.45) is 3.40. The van der Waals surface area contributed by atoms with Crippen LogP contribution in [0.1, 0.15) is 45.6 Å². The molecule has 1 aliphatic rings. The summed E-state index contributed by atoms with van der Waals surface area (Å²) in [7, 11) is 0. The van der Waals surface area contributed by atoms with E-state index >= 15 is 0 Å². The maximum absolute atomic E-state index is 11.9. The Bertz CT molecular complexity index is 431. The summed E-state index contributed by atoms with van der Waals surface area (Å²) in [5.74, 6) is 0.410. The first-order chi connectivity index (χ1) is 9.37. The van der Waals surface area contributed by atoms with Crippen molar-refractivity contribution in [3.05, 3.63) is 18.4 Å². The summed E-state index contributed by atoms with van der Waals surface area (Å²) < 4.78 is 10.5. The van der Waals surface area contributed by atoms with Gasteiger partial charge in [0.1, 0.15) is 18.0 Å². The van der Waals surface area contributed by atoms with Crippen LogP contribution in [0, 0.1) is 5.92 Å². The molecular weight excluding hydrogens is 260 g/mol. The number of rotatable bonds is 2. The van der Waals surface area contributed by atoms with Crippen molar-refractivity contribution in [1.29, 1.82) is 0 Å². The standard InChI is InChI=1S/C14H22N2O4/c1-14(2,3)20-13(18)16-7-4-10(5-8-16)11(17)12-15-6-9-19-12/h6,9-11,17H,4-5,7-8H2,1-3H3. The molecule has 2 rings (SSSR count). The lowest BCUT2D eigenvalue weighted by atomic mass is 9.91. The number of nitrogens with zero attached hydrogens (tertiary/aromatic N) is 2. The van der Waals surface area contributed by atoms with Gasteiger partial charge < -0.3 is 19.2 Å². The van der Waals surface area contributed by atoms with Crippen molar-refractivity contribution in [1.82, 2.24) is 9.88 Å². The predicted molar refractivity (Wildman–Crippen MR) is 72.0 cm³/mol. The van der Waals surface area contributed by atoms with E-state index < -0.39 is 11.7 Å². The van der Waals surface area contributed by atoms with E-state index in [1.54, 1.807) is 4.90 Å². The summed E-state index contributed by atoms with van der Waals surface area (Å²) in [4.78, 5) is 17.6. The Morgan fingerprint density at radius 1 is 1.50 bits per heavy atom. The maximum Gasteiger partial charge on any atom is 0.410 e. The zero-order chi connectivity index (χ0) is 14.8. The Labute approximate surface area is 118 Å². The maximum atomic E-state index is 11.9. The Balaban J connectivity index is 1.85. The van der Waals surface area contributed by atoms with Gasteiger partial charge in [0.05, 0.1) is 6.20 Å². The molecule has 2 heterocycles. The molecule has 1 aliphatic heterocycles. The molecule has 1 aromatic heterocycles. The fourth-order valence-electron chi connectivity index (χ4n) is 2.31. The van der Waals surface area contributed by atoms with Crippen molar-refractivity contribution in [3.63, 3.8) is 0 Å². The van der Waals surface area contributed by atoms with Crippen LogP contribution in [0.4, 0.5) is 4.79 Å². The van der Waals surface area contributed by atoms with E-state index in [4.69, 9.17) is 9.15 Å². The third-order valence-electron chi connectivity index (χ3n) is 3.34. The Morgan fingerprint density at radius 3 is 2.65 bits per heavy atom. The Hall–Kier alpha value is -1.56. The van der Waals surface area contributed by atoms with Gasteiger partial charge in [0.25, 0.3) is 0 Å². The third kappa shape index (κ3) is 3.72. The van der Waals surface area contributed by atoms with E-state index in [-0.39, 0.29) is 12.0 Å². The minimum Gasteiger partial charge on any atom is -0.446 e. The van der Waals surface area contributed by atoms with Crippen molar-refractivity contribution in [3.8, 4) is 0 Å². The average molecular weight is 282 g/mol. The lowest BCUT2D eigenvalue weighted by Crippen LogP contribution is -2.42. The molecule has 1 aromatic rings. The largest absolute Gasteiger partial charge is 0.446 e. The van der Waals surface area contributed by atoms with Crippen molar-refractivity contribution in [2.75, 3.05) is 13.1 Å². The van der Waals surface area contributed by atoms with Gasteiger partial charge >= 0.3 is 6.09 Å². The number of carbonyl (C=O) groups excluding carboxylic acids is 1. The van der Waals surface area contributed by atoms with Crippen LogP contribution in [-0.4, -0.2) is 39.8 Å². The van der Waals surface area contributed by atoms with E-state index in [0.29, 0.717) is 31.8 Å². The van der Waals surface area contributed by atoms with E-state index in [0.717, 1.165) is 0 Å². The number of oxazole rings is 1. The van der Waals surface area contributed by atoms with Crippen LogP contribution in [-0.2, 0) is 4.74 Å². The van der Waals surface area contributed by atoms with Crippen molar-refractivity contribution < 1.29 is 19.1 Å². The zero-order valence-corrected chi connectivity index (χ0v) is 12.2. The number of piperidine rings is 1. The van der Waals surface area contributed by atoms with E-state index in [2.05, 4.69) is 4.98 Å². The second-order valence-electron chi connectivity index (χ2n) is 6.12. The number of ether oxygens (including phenoxy) is 1. The van der Waals surface area contributed by atoms with Crippen LogP contribution in [0.5, 0.6) is 0 Å². The molecule has 1 N–H and O–H groups in total. The number of carbonyl (C=O) groups is 1. The molecule has 0 spiro atoms. The van der Waals surface area contributed by atoms with Gasteiger partial charge in [0.2, 0.25) is 5.89 Å². The quantitative estimate of drug-likeness (QED) is 0.901. The molecule has 112 valence electrons. The topological polar surface area (TPSA) is 75.8 Å². The summed E-state index contributed by atoms with van der Waals surface area (Å²) >= 11 is 0. The van der Waals surface area contributed by atoms with E-state index in [9.17, 15) is 9.90 Å². The first-order valence-corrected chi connectivity index (χ1v) is 6.92. The molecule has 1 amide bonds. The molecule has 1 fully saturated rings. The van der Waals surface area contributed by atoms with Gasteiger partial charge in [0, 0.05) is 13.1 Å². The second-order valence-corrected chi connectivity index (χ2v) is 6.12. The fraction of sp³-hybridized carbons (Fsp3) is 0.714. The number of aliphatic hydroxyl groups is 1. The lowest BCUT2D eigenvalue weighted by molar-refractivity contribution is 0.00375. The van der Waals surface area contributed by atoms with Gasteiger partial charge in [-0.05, 0) is 39.5 Å². The van der Waals surface area contributed by atoms with Gasteiger partial charge in [-0.25, -0.2) is 9.78 Å². The van der Waals surface area contributed by atoms with Crippen LogP contribution in [0.25, 0.3) is 0 Å². The lowest BCUT2D eigenvalue weighted by Gasteiger charge is -2.34. The monoisotopic (exact) mass is 282 g/mol. The smallest absolute Gasteiger partial charge is 0.410 e. The molecule has 6 nitrogen and oxygen atoms in total. The fourth-order valence-corrected chi connectivity index (χ4v) is 2.31. The number of likely N-dealkylation sites (tertiary alicyclic amines) is 1. The third-order valence-corrected chi connectivity index (χ3v) is 3.34. The summed E-state index contributed by atoms with van der Waals surface area (Å²) in [6.45, 7) is 6.71. The first kappa shape index (κ1) is 14.8. The number of aromatic nitrogens is 1. The summed E-state index contributed by atoms with van der Waals surface area (Å²) in [6, 6.07) is 0. The molecule has 6 heteroatoms. The summed E-state index contributed by atoms with van der Waals surface area (Å²) in [5, 5.41) is 10.2. The van der Waals surface area contributed by atoms with Gasteiger partial charge in [0.15, 0.2) is 0 Å². The second kappa shape index (κ2) is 5.83. The van der Waals surface area contributed by atoms with E-state index in [1.165, 1.54) is 12.5 Å². The Morgan fingerprint density at radius 2 is 2.15 bits per heavy atom. The van der Waals surface area contributed by atoms with Gasteiger partial charge in [-0.15, -0.1) is 0 Å². The number of aliphatic hydroxyl groups excluding tert-OH is 1. The van der Waals surface area contributed by atoms with E-state index in [1.807, 2.05) is 20.8 Å². The van der Waals surface area contributed by atoms with Crippen molar-refractivity contribution in [2.45, 2.75) is 45.3 Å². The first-order valence-electron chi connectivity index (χ1n) is 6.92. The predicted octanol–water partition coefficient (Wildman–Crippen LogP) is 2.36. The minimum atomic E-state index is -0.703. The highest BCUT2D eigenvalue weighted by Gasteiger charge is 2.31. The van der Waals surface area contributed by atoms with Gasteiger partial charge in [-0.2, -0.15) is 0 Å². The highest BCUT2D eigenvalue weighted by Crippen LogP contribution is 2.30. The molecule has 1 atom stereocenters. The molecule has 0 bridgehead atoms. The Kier molecular flexibility index (Phi) is 4.32. The van der Waals surface area contributed by atoms with Gasteiger partial charge in [-0.1, -0.05) is 0 Å². The molecule has 0 aromatic carbocycles. The molecule has 0 aliphatic carbocycles. The molecule has 20 heavy (non-hydrogen) atoms.